The zero-order valence-corrected chi connectivity index (χ0v) is 17.7. The quantitative estimate of drug-likeness (QED) is 0.437. The minimum atomic E-state index is -0.573. The average Bonchev–Trinajstić information content (AvgIpc) is 2.69. The van der Waals surface area contributed by atoms with Gasteiger partial charge in [0.25, 0.3) is 5.56 Å². The smallest absolute Gasteiger partial charge is 0.266 e. The summed E-state index contributed by atoms with van der Waals surface area (Å²) in [5.74, 6) is -0.605. The van der Waals surface area contributed by atoms with Crippen LogP contribution in [-0.4, -0.2) is 27.3 Å². The maximum absolute atomic E-state index is 13.6. The molecule has 5 nitrogen and oxygen atoms in total. The number of fused-ring (bicyclic) bond motifs is 1. The lowest BCUT2D eigenvalue weighted by atomic mass is 10.2. The topological polar surface area (TPSA) is 64.0 Å². The molecule has 8 heteroatoms. The molecule has 0 saturated carbocycles. The molecule has 0 aliphatic heterocycles. The van der Waals surface area contributed by atoms with Crippen molar-refractivity contribution in [2.45, 2.75) is 37.9 Å². The number of thioether (sulfide) groups is 1. The molecule has 152 valence electrons. The molecule has 0 spiro atoms. The second kappa shape index (κ2) is 9.41. The van der Waals surface area contributed by atoms with Gasteiger partial charge in [0.2, 0.25) is 5.91 Å². The SMILES string of the molecule is CCC[C@@H](C)NC(=O)CSc1nc2ccccc2c(=O)n1-c1ccc(F)c(Cl)c1. The van der Waals surface area contributed by atoms with E-state index in [2.05, 4.69) is 17.2 Å². The van der Waals surface area contributed by atoms with E-state index in [1.165, 1.54) is 22.8 Å². The molecule has 0 unspecified atom stereocenters. The fraction of sp³-hybridized carbons (Fsp3) is 0.286. The molecule has 1 N–H and O–H groups in total. The maximum Gasteiger partial charge on any atom is 0.266 e. The van der Waals surface area contributed by atoms with Gasteiger partial charge >= 0.3 is 0 Å². The van der Waals surface area contributed by atoms with Crippen LogP contribution < -0.4 is 10.9 Å². The van der Waals surface area contributed by atoms with E-state index < -0.39 is 5.82 Å². The second-order valence-corrected chi connectivity index (χ2v) is 8.05. The first-order chi connectivity index (χ1) is 13.9. The van der Waals surface area contributed by atoms with Gasteiger partial charge in [0.05, 0.1) is 27.4 Å². The van der Waals surface area contributed by atoms with E-state index in [9.17, 15) is 14.0 Å². The Labute approximate surface area is 177 Å². The van der Waals surface area contributed by atoms with Crippen LogP contribution in [0.15, 0.2) is 52.4 Å². The van der Waals surface area contributed by atoms with Crippen molar-refractivity contribution >= 4 is 40.2 Å². The number of para-hydroxylation sites is 1. The fourth-order valence-corrected chi connectivity index (χ4v) is 4.01. The summed E-state index contributed by atoms with van der Waals surface area (Å²) in [6.07, 6.45) is 1.87. The Morgan fingerprint density at radius 1 is 1.31 bits per heavy atom. The van der Waals surface area contributed by atoms with Crippen molar-refractivity contribution in [1.29, 1.82) is 0 Å². The summed E-state index contributed by atoms with van der Waals surface area (Å²) in [5, 5.41) is 3.61. The standard InChI is InChI=1S/C21H21ClFN3O2S/c1-3-6-13(2)24-19(27)12-29-21-25-18-8-5-4-7-15(18)20(28)26(21)14-9-10-17(23)16(22)11-14/h4-5,7-11,13H,3,6,12H2,1-2H3,(H,24,27)/t13-/m1/s1. The third kappa shape index (κ3) is 4.97. The fourth-order valence-electron chi connectivity index (χ4n) is 3.01. The second-order valence-electron chi connectivity index (χ2n) is 6.70. The summed E-state index contributed by atoms with van der Waals surface area (Å²) in [5.41, 5.74) is 0.617. The molecule has 0 fully saturated rings. The Morgan fingerprint density at radius 3 is 2.79 bits per heavy atom. The summed E-state index contributed by atoms with van der Waals surface area (Å²) < 4.78 is 15.0. The van der Waals surface area contributed by atoms with Crippen molar-refractivity contribution in [3.8, 4) is 5.69 Å². The molecule has 1 heterocycles. The van der Waals surface area contributed by atoms with E-state index in [0.29, 0.717) is 21.7 Å². The summed E-state index contributed by atoms with van der Waals surface area (Å²) in [7, 11) is 0. The summed E-state index contributed by atoms with van der Waals surface area (Å²) >= 11 is 7.07. The van der Waals surface area contributed by atoms with E-state index >= 15 is 0 Å². The highest BCUT2D eigenvalue weighted by Crippen LogP contribution is 2.24. The van der Waals surface area contributed by atoms with Crippen LogP contribution >= 0.6 is 23.4 Å². The van der Waals surface area contributed by atoms with Crippen molar-refractivity contribution in [3.63, 3.8) is 0 Å². The van der Waals surface area contributed by atoms with Crippen LogP contribution in [0.2, 0.25) is 5.02 Å². The van der Waals surface area contributed by atoms with Crippen molar-refractivity contribution in [1.82, 2.24) is 14.9 Å². The van der Waals surface area contributed by atoms with Gasteiger partial charge in [0, 0.05) is 6.04 Å². The lowest BCUT2D eigenvalue weighted by molar-refractivity contribution is -0.119. The molecule has 2 aromatic carbocycles. The zero-order valence-electron chi connectivity index (χ0n) is 16.1. The Balaban J connectivity index is 2.00. The van der Waals surface area contributed by atoms with E-state index in [4.69, 9.17) is 11.6 Å². The van der Waals surface area contributed by atoms with Gasteiger partial charge in [-0.1, -0.05) is 48.8 Å². The van der Waals surface area contributed by atoms with Gasteiger partial charge in [-0.05, 0) is 43.7 Å². The van der Waals surface area contributed by atoms with Gasteiger partial charge in [-0.3, -0.25) is 14.2 Å². The number of benzene rings is 2. The van der Waals surface area contributed by atoms with E-state index in [1.54, 1.807) is 24.3 Å². The Morgan fingerprint density at radius 2 is 2.07 bits per heavy atom. The number of hydrogen-bond acceptors (Lipinski definition) is 4. The third-order valence-corrected chi connectivity index (χ3v) is 5.60. The van der Waals surface area contributed by atoms with Crippen molar-refractivity contribution in [2.24, 2.45) is 0 Å². The number of nitrogens with one attached hydrogen (secondary N) is 1. The van der Waals surface area contributed by atoms with Gasteiger partial charge in [-0.15, -0.1) is 0 Å². The molecule has 1 atom stereocenters. The van der Waals surface area contributed by atoms with Crippen LogP contribution in [0, 0.1) is 5.82 Å². The highest BCUT2D eigenvalue weighted by molar-refractivity contribution is 7.99. The van der Waals surface area contributed by atoms with Gasteiger partial charge in [0.1, 0.15) is 5.82 Å². The highest BCUT2D eigenvalue weighted by Gasteiger charge is 2.16. The summed E-state index contributed by atoms with van der Waals surface area (Å²) in [6, 6.07) is 11.1. The first-order valence-electron chi connectivity index (χ1n) is 9.30. The van der Waals surface area contributed by atoms with Crippen molar-refractivity contribution < 1.29 is 9.18 Å². The molecule has 1 aromatic heterocycles. The Kier molecular flexibility index (Phi) is 6.92. The van der Waals surface area contributed by atoms with Crippen LogP contribution in [-0.2, 0) is 4.79 Å². The molecule has 29 heavy (non-hydrogen) atoms. The number of halogens is 2. The molecule has 3 rings (SSSR count). The van der Waals surface area contributed by atoms with Gasteiger partial charge in [-0.25, -0.2) is 9.37 Å². The first-order valence-corrected chi connectivity index (χ1v) is 10.7. The van der Waals surface area contributed by atoms with Crippen LogP contribution in [0.4, 0.5) is 4.39 Å². The summed E-state index contributed by atoms with van der Waals surface area (Å²) in [4.78, 5) is 30.0. The molecule has 3 aromatic rings. The van der Waals surface area contributed by atoms with Crippen molar-refractivity contribution in [2.75, 3.05) is 5.75 Å². The molecule has 0 saturated heterocycles. The maximum atomic E-state index is 13.6. The van der Waals surface area contributed by atoms with Crippen LogP contribution in [0.3, 0.4) is 0 Å². The Bertz CT molecular complexity index is 1100. The lowest BCUT2D eigenvalue weighted by Gasteiger charge is -2.15. The number of nitrogens with zero attached hydrogens (tertiary/aromatic N) is 2. The van der Waals surface area contributed by atoms with E-state index in [-0.39, 0.29) is 28.3 Å². The monoisotopic (exact) mass is 433 g/mol. The minimum Gasteiger partial charge on any atom is -0.353 e. The van der Waals surface area contributed by atoms with E-state index in [0.717, 1.165) is 24.6 Å². The number of carbonyl (C=O) groups excluding carboxylic acids is 1. The zero-order chi connectivity index (χ0) is 21.0. The molecule has 0 radical (unpaired) electrons. The molecule has 0 aliphatic carbocycles. The highest BCUT2D eigenvalue weighted by atomic mass is 35.5. The minimum absolute atomic E-state index is 0.0794. The first kappa shape index (κ1) is 21.3. The molecule has 1 amide bonds. The van der Waals surface area contributed by atoms with Crippen LogP contribution in [0.25, 0.3) is 16.6 Å². The lowest BCUT2D eigenvalue weighted by Crippen LogP contribution is -2.34. The summed E-state index contributed by atoms with van der Waals surface area (Å²) in [6.45, 7) is 4.01. The van der Waals surface area contributed by atoms with E-state index in [1.807, 2.05) is 6.92 Å². The van der Waals surface area contributed by atoms with Crippen LogP contribution in [0.5, 0.6) is 0 Å². The predicted molar refractivity (Wildman–Crippen MR) is 116 cm³/mol. The average molecular weight is 434 g/mol. The Hall–Kier alpha value is -2.38. The molecular formula is C21H21ClFN3O2S. The van der Waals surface area contributed by atoms with Gasteiger partial charge < -0.3 is 5.32 Å². The largest absolute Gasteiger partial charge is 0.353 e. The number of carbonyl (C=O) groups is 1. The number of rotatable bonds is 7. The number of hydrogen-bond donors (Lipinski definition) is 1. The molecular weight excluding hydrogens is 413 g/mol. The van der Waals surface area contributed by atoms with Crippen molar-refractivity contribution in [3.05, 3.63) is 63.7 Å². The van der Waals surface area contributed by atoms with Crippen LogP contribution in [0.1, 0.15) is 26.7 Å². The number of aromatic nitrogens is 2. The predicted octanol–water partition coefficient (Wildman–Crippen LogP) is 4.58. The third-order valence-electron chi connectivity index (χ3n) is 4.37. The van der Waals surface area contributed by atoms with Gasteiger partial charge in [-0.2, -0.15) is 0 Å². The number of amides is 1. The molecule has 0 bridgehead atoms. The molecule has 0 aliphatic rings. The van der Waals surface area contributed by atoms with Gasteiger partial charge in [0.15, 0.2) is 5.16 Å². The normalized spacial score (nSPS) is 12.1.